The maximum atomic E-state index is 9.26. The van der Waals surface area contributed by atoms with Gasteiger partial charge in [-0.1, -0.05) is 0 Å². The van der Waals surface area contributed by atoms with Gasteiger partial charge in [-0.25, -0.2) is 8.42 Å². The van der Waals surface area contributed by atoms with Crippen LogP contribution in [-0.4, -0.2) is 36.2 Å². The van der Waals surface area contributed by atoms with E-state index in [1.807, 2.05) is 0 Å². The average molecular weight is 270 g/mol. The van der Waals surface area contributed by atoms with Crippen LogP contribution in [0.3, 0.4) is 0 Å². The van der Waals surface area contributed by atoms with Crippen LogP contribution in [0.1, 0.15) is 0 Å². The molecule has 2 unspecified atom stereocenters. The monoisotopic (exact) mass is 270 g/mol. The molecule has 13 heteroatoms. The summed E-state index contributed by atoms with van der Waals surface area (Å²) in [5.74, 6) is 0. The molecule has 2 atom stereocenters. The third kappa shape index (κ3) is 54.6. The van der Waals surface area contributed by atoms with E-state index < -0.39 is 29.3 Å². The SMILES string of the molecule is O=S(O)S(=O)O.[Na+].[Na+].[O-][Si]([O-])(O)O. The Balaban J connectivity index is -0.0000000546. The largest absolute Gasteiger partial charge is 1.00 e. The fraction of sp³-hybridized carbons (Fsp3) is 0. The molecule has 4 N–H and O–H groups in total. The van der Waals surface area contributed by atoms with E-state index in [1.165, 1.54) is 0 Å². The standard InChI is InChI=1S/2Na.H2O4S2.H2O4Si/c;;1-5(2)6(3)4;1-5(2,3)4/h;;(H,1,2)(H,3,4);1-2H/q2*+1;;-2. The summed E-state index contributed by atoms with van der Waals surface area (Å²) in [6.07, 6.45) is 0. The molecule has 0 rings (SSSR count). The van der Waals surface area contributed by atoms with E-state index in [1.54, 1.807) is 0 Å². The van der Waals surface area contributed by atoms with Gasteiger partial charge >= 0.3 is 59.1 Å². The molecule has 0 saturated carbocycles. The third-order valence-corrected chi connectivity index (χ3v) is 1.10. The second kappa shape index (κ2) is 12.3. The minimum absolute atomic E-state index is 0. The molecule has 0 aromatic rings. The summed E-state index contributed by atoms with van der Waals surface area (Å²) < 4.78 is 33.6. The minimum atomic E-state index is -5.11. The molecule has 70 valence electrons. The predicted molar refractivity (Wildman–Crippen MR) is 31.7 cm³/mol. The van der Waals surface area contributed by atoms with Gasteiger partial charge in [0.1, 0.15) is 9.05 Å². The van der Waals surface area contributed by atoms with E-state index in [0.717, 1.165) is 0 Å². The van der Waals surface area contributed by atoms with Crippen LogP contribution in [0, 0.1) is 0 Å². The van der Waals surface area contributed by atoms with E-state index >= 15 is 0 Å². The minimum Gasteiger partial charge on any atom is -0.828 e. The zero-order valence-corrected chi connectivity index (χ0v) is 13.4. The Hall–Kier alpha value is 2.28. The second-order valence-electron chi connectivity index (χ2n) is 0.983. The van der Waals surface area contributed by atoms with Crippen LogP contribution >= 0.6 is 0 Å². The van der Waals surface area contributed by atoms with Gasteiger partial charge in [0.2, 0.25) is 0 Å². The molecule has 0 aromatic heterocycles. The molecule has 0 aliphatic rings. The quantitative estimate of drug-likeness (QED) is 0.207. The molecule has 0 radical (unpaired) electrons. The molecule has 13 heavy (non-hydrogen) atoms. The number of hydrogen-bond donors (Lipinski definition) is 4. The van der Waals surface area contributed by atoms with E-state index in [4.69, 9.17) is 28.3 Å². The smallest absolute Gasteiger partial charge is 0.828 e. The molecule has 8 nitrogen and oxygen atoms in total. The molecule has 0 fully saturated rings. The summed E-state index contributed by atoms with van der Waals surface area (Å²) in [4.78, 5) is 31.8. The van der Waals surface area contributed by atoms with Gasteiger partial charge in [0.25, 0.3) is 20.2 Å². The Bertz CT molecular complexity index is 135. The van der Waals surface area contributed by atoms with E-state index in [0.29, 0.717) is 0 Å². The van der Waals surface area contributed by atoms with E-state index in [9.17, 15) is 8.42 Å². The Kier molecular flexibility index (Phi) is 23.3. The van der Waals surface area contributed by atoms with Gasteiger partial charge in [-0.05, 0) is 0 Å². The van der Waals surface area contributed by atoms with Crippen molar-refractivity contribution in [2.75, 3.05) is 0 Å². The first kappa shape index (κ1) is 24.5. The Labute approximate surface area is 123 Å². The van der Waals surface area contributed by atoms with Crippen LogP contribution in [0.2, 0.25) is 0 Å². The maximum Gasteiger partial charge on any atom is 1.00 e. The summed E-state index contributed by atoms with van der Waals surface area (Å²) in [6, 6.07) is 0. The summed E-state index contributed by atoms with van der Waals surface area (Å²) in [5, 5.41) is 0. The molecule has 0 aromatic carbocycles. The Morgan fingerprint density at radius 1 is 0.923 bits per heavy atom. The van der Waals surface area contributed by atoms with Crippen molar-refractivity contribution in [3.63, 3.8) is 0 Å². The molecular formula is H4Na2O8S2Si. The first-order valence-corrected chi connectivity index (χ1v) is 6.16. The van der Waals surface area contributed by atoms with Crippen molar-refractivity contribution >= 4 is 29.3 Å². The molecule has 0 heterocycles. The van der Waals surface area contributed by atoms with Gasteiger partial charge in [0.15, 0.2) is 0 Å². The van der Waals surface area contributed by atoms with Crippen molar-refractivity contribution in [3.8, 4) is 0 Å². The van der Waals surface area contributed by atoms with Gasteiger partial charge in [-0.15, -0.1) is 0 Å². The van der Waals surface area contributed by atoms with Crippen LogP contribution < -0.4 is 68.7 Å². The van der Waals surface area contributed by atoms with Crippen molar-refractivity contribution in [2.24, 2.45) is 0 Å². The molecule has 0 amide bonds. The van der Waals surface area contributed by atoms with E-state index in [-0.39, 0.29) is 59.1 Å². The first-order valence-electron chi connectivity index (χ1n) is 1.72. The van der Waals surface area contributed by atoms with Crippen LogP contribution in [0.15, 0.2) is 0 Å². The predicted octanol–water partition coefficient (Wildman–Crippen LogP) is -10.5. The van der Waals surface area contributed by atoms with E-state index in [2.05, 4.69) is 0 Å². The van der Waals surface area contributed by atoms with Crippen molar-refractivity contribution < 1.29 is 95.8 Å². The van der Waals surface area contributed by atoms with Gasteiger partial charge in [0.05, 0.1) is 0 Å². The molecule has 0 aliphatic heterocycles. The summed E-state index contributed by atoms with van der Waals surface area (Å²) >= 11 is 0. The fourth-order valence-electron chi connectivity index (χ4n) is 0. The molecule has 0 spiro atoms. The van der Waals surface area contributed by atoms with Gasteiger partial charge in [-0.3, -0.25) is 9.11 Å². The Morgan fingerprint density at radius 3 is 1.00 bits per heavy atom. The van der Waals surface area contributed by atoms with Gasteiger partial charge in [0, 0.05) is 0 Å². The van der Waals surface area contributed by atoms with Crippen molar-refractivity contribution in [2.45, 2.75) is 0 Å². The summed E-state index contributed by atoms with van der Waals surface area (Å²) in [5.41, 5.74) is 0. The normalized spacial score (nSPS) is 13.7. The number of rotatable bonds is 1. The van der Waals surface area contributed by atoms with Crippen LogP contribution in [0.5, 0.6) is 0 Å². The topological polar surface area (TPSA) is 161 Å². The zero-order chi connectivity index (χ0) is 9.65. The molecular weight excluding hydrogens is 266 g/mol. The third-order valence-electron chi connectivity index (χ3n) is 0.122. The first-order chi connectivity index (χ1) is 4.64. The molecule has 0 saturated heterocycles. The van der Waals surface area contributed by atoms with Crippen molar-refractivity contribution in [3.05, 3.63) is 0 Å². The fourth-order valence-corrected chi connectivity index (χ4v) is 0. The van der Waals surface area contributed by atoms with Gasteiger partial charge in [-0.2, -0.15) is 0 Å². The summed E-state index contributed by atoms with van der Waals surface area (Å²) in [6.45, 7) is 0. The second-order valence-corrected chi connectivity index (χ2v) is 4.66. The molecule has 0 aliphatic carbocycles. The van der Waals surface area contributed by atoms with Gasteiger partial charge < -0.3 is 19.2 Å². The maximum absolute atomic E-state index is 9.26. The zero-order valence-electron chi connectivity index (χ0n) is 6.74. The van der Waals surface area contributed by atoms with Crippen molar-refractivity contribution in [1.29, 1.82) is 0 Å². The number of hydrogen-bond acceptors (Lipinski definition) is 6. The van der Waals surface area contributed by atoms with Crippen LogP contribution in [0.4, 0.5) is 0 Å². The molecule has 0 bridgehead atoms. The average Bonchev–Trinajstić information content (AvgIpc) is 1.59. The van der Waals surface area contributed by atoms with Crippen LogP contribution in [-0.2, 0) is 20.2 Å². The summed E-state index contributed by atoms with van der Waals surface area (Å²) in [7, 11) is -10.3. The van der Waals surface area contributed by atoms with Crippen molar-refractivity contribution in [1.82, 2.24) is 0 Å². The van der Waals surface area contributed by atoms with Crippen LogP contribution in [0.25, 0.3) is 0 Å². The Morgan fingerprint density at radius 2 is 1.00 bits per heavy atom.